The van der Waals surface area contributed by atoms with Crippen molar-refractivity contribution in [1.82, 2.24) is 5.32 Å². The molecule has 0 aliphatic heterocycles. The highest BCUT2D eigenvalue weighted by Gasteiger charge is 2.35. The summed E-state index contributed by atoms with van der Waals surface area (Å²) >= 11 is 4.41. The zero-order valence-corrected chi connectivity index (χ0v) is 13.9. The van der Waals surface area contributed by atoms with Crippen LogP contribution in [0.3, 0.4) is 0 Å². The van der Waals surface area contributed by atoms with Gasteiger partial charge in [0.15, 0.2) is 0 Å². The fourth-order valence-electron chi connectivity index (χ4n) is 3.11. The van der Waals surface area contributed by atoms with Crippen LogP contribution >= 0.6 is 12.6 Å². The lowest BCUT2D eigenvalue weighted by Crippen LogP contribution is -2.45. The maximum atomic E-state index is 4.41. The number of hydrogen-bond donors (Lipinski definition) is 2. The van der Waals surface area contributed by atoms with Gasteiger partial charge in [-0.3, -0.25) is 5.32 Å². The van der Waals surface area contributed by atoms with Gasteiger partial charge in [0.2, 0.25) is 0 Å². The Morgan fingerprint density at radius 3 is 1.26 bits per heavy atom. The van der Waals surface area contributed by atoms with Crippen molar-refractivity contribution < 1.29 is 0 Å². The van der Waals surface area contributed by atoms with Crippen molar-refractivity contribution in [3.05, 3.63) is 108 Å². The minimum Gasteiger partial charge on any atom is -0.299 e. The molecule has 0 saturated carbocycles. The second-order valence-corrected chi connectivity index (χ2v) is 5.95. The Morgan fingerprint density at radius 2 is 0.957 bits per heavy atom. The third-order valence-electron chi connectivity index (χ3n) is 4.12. The van der Waals surface area contributed by atoms with Gasteiger partial charge >= 0.3 is 0 Å². The van der Waals surface area contributed by atoms with Gasteiger partial charge in [-0.2, -0.15) is 12.6 Å². The molecule has 0 saturated heterocycles. The van der Waals surface area contributed by atoms with Crippen molar-refractivity contribution in [2.45, 2.75) is 5.54 Å². The first kappa shape index (κ1) is 15.9. The molecule has 0 aliphatic rings. The van der Waals surface area contributed by atoms with E-state index < -0.39 is 0 Å². The molecule has 1 N–H and O–H groups in total. The van der Waals surface area contributed by atoms with E-state index in [1.165, 1.54) is 16.7 Å². The number of thiol groups is 1. The molecule has 0 spiro atoms. The molecule has 3 aromatic carbocycles. The van der Waals surface area contributed by atoms with Crippen LogP contribution < -0.4 is 5.32 Å². The van der Waals surface area contributed by atoms with Crippen LogP contribution in [0.5, 0.6) is 0 Å². The molecule has 0 heterocycles. The predicted octanol–water partition coefficient (Wildman–Crippen LogP) is 4.50. The Balaban J connectivity index is 2.25. The van der Waals surface area contributed by atoms with Crippen LogP contribution in [0.25, 0.3) is 0 Å². The van der Waals surface area contributed by atoms with Crippen LogP contribution in [-0.4, -0.2) is 12.3 Å². The highest BCUT2D eigenvalue weighted by atomic mass is 32.1. The van der Waals surface area contributed by atoms with E-state index in [0.29, 0.717) is 0 Å². The molecule has 2 heteroatoms. The third kappa shape index (κ3) is 3.19. The summed E-state index contributed by atoms with van der Waals surface area (Å²) in [4.78, 5) is 0. The van der Waals surface area contributed by atoms with Gasteiger partial charge in [0.1, 0.15) is 0 Å². The molecular formula is C21H21NS. The van der Waals surface area contributed by atoms with Crippen molar-refractivity contribution in [3.63, 3.8) is 0 Å². The average molecular weight is 319 g/mol. The van der Waals surface area contributed by atoms with Gasteiger partial charge in [0, 0.05) is 12.3 Å². The lowest BCUT2D eigenvalue weighted by atomic mass is 9.77. The number of nitrogens with one attached hydrogen (secondary N) is 1. The molecule has 0 fully saturated rings. The van der Waals surface area contributed by atoms with Crippen molar-refractivity contribution in [2.24, 2.45) is 0 Å². The van der Waals surface area contributed by atoms with E-state index in [1.807, 2.05) is 0 Å². The minimum absolute atomic E-state index is 0.369. The highest BCUT2D eigenvalue weighted by molar-refractivity contribution is 7.80. The second-order valence-electron chi connectivity index (χ2n) is 5.50. The number of benzene rings is 3. The Bertz CT molecular complexity index is 614. The molecule has 0 radical (unpaired) electrons. The summed E-state index contributed by atoms with van der Waals surface area (Å²) in [6, 6.07) is 31.9. The zero-order valence-electron chi connectivity index (χ0n) is 13.0. The van der Waals surface area contributed by atoms with Crippen LogP contribution in [-0.2, 0) is 5.54 Å². The lowest BCUT2D eigenvalue weighted by molar-refractivity contribution is 0.491. The molecule has 0 amide bonds. The Labute approximate surface area is 143 Å². The van der Waals surface area contributed by atoms with Crippen molar-refractivity contribution in [1.29, 1.82) is 0 Å². The molecule has 116 valence electrons. The second kappa shape index (κ2) is 7.49. The average Bonchev–Trinajstić information content (AvgIpc) is 2.65. The van der Waals surface area contributed by atoms with E-state index in [0.717, 1.165) is 12.3 Å². The Morgan fingerprint density at radius 1 is 0.609 bits per heavy atom. The first-order valence-corrected chi connectivity index (χ1v) is 8.53. The summed E-state index contributed by atoms with van der Waals surface area (Å²) in [6.07, 6.45) is 0. The highest BCUT2D eigenvalue weighted by Crippen LogP contribution is 2.36. The van der Waals surface area contributed by atoms with Gasteiger partial charge in [-0.25, -0.2) is 0 Å². The van der Waals surface area contributed by atoms with Crippen LogP contribution in [0.15, 0.2) is 91.0 Å². The molecule has 0 aromatic heterocycles. The van der Waals surface area contributed by atoms with E-state index in [2.05, 4.69) is 109 Å². The van der Waals surface area contributed by atoms with Gasteiger partial charge in [-0.1, -0.05) is 91.0 Å². The van der Waals surface area contributed by atoms with Crippen molar-refractivity contribution in [3.8, 4) is 0 Å². The maximum Gasteiger partial charge on any atom is 0.0948 e. The smallest absolute Gasteiger partial charge is 0.0948 e. The van der Waals surface area contributed by atoms with Crippen LogP contribution in [0.1, 0.15) is 16.7 Å². The molecule has 3 aromatic rings. The molecule has 0 atom stereocenters. The summed E-state index contributed by atoms with van der Waals surface area (Å²) in [6.45, 7) is 0.821. The van der Waals surface area contributed by atoms with Gasteiger partial charge in [-0.15, -0.1) is 0 Å². The van der Waals surface area contributed by atoms with Gasteiger partial charge < -0.3 is 0 Å². The standard InChI is InChI=1S/C21H21NS/c23-17-16-22-21(18-10-4-1-5-11-18,19-12-6-2-7-13-19)20-14-8-3-9-15-20/h1-15,22-23H,16-17H2. The normalized spacial score (nSPS) is 11.3. The molecule has 3 rings (SSSR count). The summed E-state index contributed by atoms with van der Waals surface area (Å²) in [5.41, 5.74) is 3.34. The zero-order chi connectivity index (χ0) is 16.0. The Kier molecular flexibility index (Phi) is 5.16. The summed E-state index contributed by atoms with van der Waals surface area (Å²) in [7, 11) is 0. The quantitative estimate of drug-likeness (QED) is 0.503. The lowest BCUT2D eigenvalue weighted by Gasteiger charge is -2.37. The minimum atomic E-state index is -0.369. The first-order chi connectivity index (χ1) is 11.4. The first-order valence-electron chi connectivity index (χ1n) is 7.90. The van der Waals surface area contributed by atoms with Crippen LogP contribution in [0.4, 0.5) is 0 Å². The van der Waals surface area contributed by atoms with Crippen molar-refractivity contribution >= 4 is 12.6 Å². The van der Waals surface area contributed by atoms with Crippen LogP contribution in [0.2, 0.25) is 0 Å². The molecule has 0 unspecified atom stereocenters. The van der Waals surface area contributed by atoms with Gasteiger partial charge in [-0.05, 0) is 16.7 Å². The largest absolute Gasteiger partial charge is 0.299 e. The van der Waals surface area contributed by atoms with E-state index >= 15 is 0 Å². The molecule has 23 heavy (non-hydrogen) atoms. The van der Waals surface area contributed by atoms with E-state index in [4.69, 9.17) is 0 Å². The topological polar surface area (TPSA) is 12.0 Å². The summed E-state index contributed by atoms with van der Waals surface area (Å²) in [5, 5.41) is 3.76. The fraction of sp³-hybridized carbons (Fsp3) is 0.143. The molecule has 0 bridgehead atoms. The predicted molar refractivity (Wildman–Crippen MR) is 101 cm³/mol. The van der Waals surface area contributed by atoms with Gasteiger partial charge in [0.25, 0.3) is 0 Å². The molecule has 1 nitrogen and oxygen atoms in total. The third-order valence-corrected chi connectivity index (χ3v) is 4.35. The number of rotatable bonds is 6. The maximum absolute atomic E-state index is 4.41. The van der Waals surface area contributed by atoms with Gasteiger partial charge in [0.05, 0.1) is 5.54 Å². The van der Waals surface area contributed by atoms with Crippen LogP contribution in [0, 0.1) is 0 Å². The van der Waals surface area contributed by atoms with Crippen molar-refractivity contribution in [2.75, 3.05) is 12.3 Å². The summed E-state index contributed by atoms with van der Waals surface area (Å²) in [5.74, 6) is 0.786. The monoisotopic (exact) mass is 319 g/mol. The van der Waals surface area contributed by atoms with E-state index in [9.17, 15) is 0 Å². The fourth-order valence-corrected chi connectivity index (χ4v) is 3.23. The molecular weight excluding hydrogens is 298 g/mol. The Hall–Kier alpha value is -2.03. The summed E-state index contributed by atoms with van der Waals surface area (Å²) < 4.78 is 0. The van der Waals surface area contributed by atoms with E-state index in [1.54, 1.807) is 0 Å². The number of hydrogen-bond acceptors (Lipinski definition) is 2. The van der Waals surface area contributed by atoms with E-state index in [-0.39, 0.29) is 5.54 Å². The molecule has 0 aliphatic carbocycles. The SMILES string of the molecule is SCCNC(c1ccccc1)(c1ccccc1)c1ccccc1.